The molecule has 2 rings (SSSR count). The van der Waals surface area contributed by atoms with Crippen LogP contribution >= 0.6 is 0 Å². The number of carbonyl (C=O) groups excluding carboxylic acids is 1. The lowest BCUT2D eigenvalue weighted by Crippen LogP contribution is -2.11. The van der Waals surface area contributed by atoms with Gasteiger partial charge in [-0.25, -0.2) is 0 Å². The number of aliphatic hydroxyl groups is 1. The Morgan fingerprint density at radius 2 is 1.89 bits per heavy atom. The van der Waals surface area contributed by atoms with Gasteiger partial charge in [0.2, 0.25) is 0 Å². The highest BCUT2D eigenvalue weighted by atomic mass is 16.2. The smallest absolute Gasteiger partial charge is 0.255 e. The number of nitrogens with one attached hydrogen (secondary N) is 1. The minimum atomic E-state index is -0.180. The zero-order valence-electron chi connectivity index (χ0n) is 10.3. The maximum atomic E-state index is 12.0. The van der Waals surface area contributed by atoms with Gasteiger partial charge in [-0.05, 0) is 30.3 Å². The van der Waals surface area contributed by atoms with Gasteiger partial charge in [-0.1, -0.05) is 36.1 Å². The third-order valence-corrected chi connectivity index (χ3v) is 2.47. The standard InChI is InChI=1S/C16H13NO2/c18-11-5-7-13-6-4-10-15(12-13)17-16(19)14-8-2-1-3-9-14/h1-4,6,8-10,12,18H,11H2,(H,17,19). The van der Waals surface area contributed by atoms with Crippen molar-refractivity contribution < 1.29 is 9.90 Å². The van der Waals surface area contributed by atoms with E-state index in [0.717, 1.165) is 5.56 Å². The fourth-order valence-corrected chi connectivity index (χ4v) is 1.61. The van der Waals surface area contributed by atoms with E-state index in [2.05, 4.69) is 17.2 Å². The van der Waals surface area contributed by atoms with Crippen LogP contribution in [0.4, 0.5) is 5.69 Å². The summed E-state index contributed by atoms with van der Waals surface area (Å²) in [7, 11) is 0. The molecule has 0 spiro atoms. The molecule has 0 aliphatic rings. The first kappa shape index (κ1) is 12.9. The van der Waals surface area contributed by atoms with Crippen LogP contribution in [-0.4, -0.2) is 17.6 Å². The topological polar surface area (TPSA) is 49.3 Å². The van der Waals surface area contributed by atoms with Crippen molar-refractivity contribution in [1.82, 2.24) is 0 Å². The molecule has 94 valence electrons. The average Bonchev–Trinajstić information content (AvgIpc) is 2.46. The molecule has 3 heteroatoms. The van der Waals surface area contributed by atoms with Crippen LogP contribution in [0.3, 0.4) is 0 Å². The van der Waals surface area contributed by atoms with Crippen molar-refractivity contribution in [1.29, 1.82) is 0 Å². The van der Waals surface area contributed by atoms with E-state index in [1.807, 2.05) is 30.3 Å². The van der Waals surface area contributed by atoms with Gasteiger partial charge in [0.15, 0.2) is 0 Å². The van der Waals surface area contributed by atoms with E-state index < -0.39 is 0 Å². The van der Waals surface area contributed by atoms with E-state index in [1.54, 1.807) is 24.3 Å². The number of aliphatic hydroxyl groups excluding tert-OH is 1. The lowest BCUT2D eigenvalue weighted by Gasteiger charge is -2.05. The predicted octanol–water partition coefficient (Wildman–Crippen LogP) is 2.28. The Balaban J connectivity index is 2.13. The number of amides is 1. The Kier molecular flexibility index (Phi) is 4.33. The molecule has 0 atom stereocenters. The highest BCUT2D eigenvalue weighted by Crippen LogP contribution is 2.11. The Morgan fingerprint density at radius 1 is 1.11 bits per heavy atom. The van der Waals surface area contributed by atoms with Gasteiger partial charge < -0.3 is 10.4 Å². The van der Waals surface area contributed by atoms with Gasteiger partial charge >= 0.3 is 0 Å². The van der Waals surface area contributed by atoms with Crippen LogP contribution < -0.4 is 5.32 Å². The molecule has 0 unspecified atom stereocenters. The second-order valence-corrected chi connectivity index (χ2v) is 3.86. The van der Waals surface area contributed by atoms with Crippen LogP contribution in [-0.2, 0) is 0 Å². The highest BCUT2D eigenvalue weighted by Gasteiger charge is 2.04. The average molecular weight is 251 g/mol. The van der Waals surface area contributed by atoms with Gasteiger partial charge in [-0.2, -0.15) is 0 Å². The predicted molar refractivity (Wildman–Crippen MR) is 74.8 cm³/mol. The summed E-state index contributed by atoms with van der Waals surface area (Å²) in [5.41, 5.74) is 2.04. The number of hydrogen-bond donors (Lipinski definition) is 2. The van der Waals surface area contributed by atoms with E-state index in [-0.39, 0.29) is 12.5 Å². The van der Waals surface area contributed by atoms with Gasteiger partial charge in [0, 0.05) is 16.8 Å². The van der Waals surface area contributed by atoms with Crippen molar-refractivity contribution in [2.45, 2.75) is 0 Å². The number of hydrogen-bond acceptors (Lipinski definition) is 2. The lowest BCUT2D eigenvalue weighted by atomic mass is 10.2. The molecule has 2 aromatic carbocycles. The Hall–Kier alpha value is -2.57. The Labute approximate surface area is 111 Å². The summed E-state index contributed by atoms with van der Waals surface area (Å²) < 4.78 is 0. The number of carbonyl (C=O) groups is 1. The quantitative estimate of drug-likeness (QED) is 0.804. The molecule has 0 heterocycles. The van der Waals surface area contributed by atoms with Crippen LogP contribution in [0.2, 0.25) is 0 Å². The SMILES string of the molecule is O=C(Nc1cccc(C#CCO)c1)c1ccccc1. The number of rotatable bonds is 2. The van der Waals surface area contributed by atoms with Gasteiger partial charge in [-0.15, -0.1) is 0 Å². The maximum Gasteiger partial charge on any atom is 0.255 e. The Bertz CT molecular complexity index is 624. The molecule has 0 fully saturated rings. The minimum Gasteiger partial charge on any atom is -0.384 e. The van der Waals surface area contributed by atoms with Gasteiger partial charge in [0.05, 0.1) is 0 Å². The molecule has 1 amide bonds. The van der Waals surface area contributed by atoms with E-state index >= 15 is 0 Å². The first-order valence-corrected chi connectivity index (χ1v) is 5.86. The van der Waals surface area contributed by atoms with Crippen LogP contribution in [0, 0.1) is 11.8 Å². The second-order valence-electron chi connectivity index (χ2n) is 3.86. The fraction of sp³-hybridized carbons (Fsp3) is 0.0625. The van der Waals surface area contributed by atoms with Gasteiger partial charge in [0.1, 0.15) is 6.61 Å². The summed E-state index contributed by atoms with van der Waals surface area (Å²) in [4.78, 5) is 12.0. The zero-order valence-corrected chi connectivity index (χ0v) is 10.3. The molecule has 0 saturated carbocycles. The monoisotopic (exact) mass is 251 g/mol. The van der Waals surface area contributed by atoms with Crippen molar-refractivity contribution in [2.24, 2.45) is 0 Å². The first-order chi connectivity index (χ1) is 9.29. The normalized spacial score (nSPS) is 9.32. The summed E-state index contributed by atoms with van der Waals surface area (Å²) in [6.07, 6.45) is 0. The van der Waals surface area contributed by atoms with Crippen molar-refractivity contribution in [2.75, 3.05) is 11.9 Å². The van der Waals surface area contributed by atoms with E-state index in [1.165, 1.54) is 0 Å². The highest BCUT2D eigenvalue weighted by molar-refractivity contribution is 6.04. The molecular weight excluding hydrogens is 238 g/mol. The van der Waals surface area contributed by atoms with Gasteiger partial charge in [0.25, 0.3) is 5.91 Å². The molecule has 0 bridgehead atoms. The summed E-state index contributed by atoms with van der Waals surface area (Å²) in [5, 5.41) is 11.5. The Morgan fingerprint density at radius 3 is 2.63 bits per heavy atom. The fourth-order valence-electron chi connectivity index (χ4n) is 1.61. The van der Waals surface area contributed by atoms with Crippen LogP contribution in [0.5, 0.6) is 0 Å². The van der Waals surface area contributed by atoms with Crippen molar-refractivity contribution >= 4 is 11.6 Å². The molecule has 2 N–H and O–H groups in total. The molecular formula is C16H13NO2. The second kappa shape index (κ2) is 6.39. The molecule has 0 saturated heterocycles. The number of benzene rings is 2. The molecule has 19 heavy (non-hydrogen) atoms. The number of anilines is 1. The van der Waals surface area contributed by atoms with Crippen LogP contribution in [0.25, 0.3) is 0 Å². The molecule has 0 aliphatic heterocycles. The minimum absolute atomic E-state index is 0.159. The van der Waals surface area contributed by atoms with Crippen molar-refractivity contribution in [3.05, 3.63) is 65.7 Å². The summed E-state index contributed by atoms with van der Waals surface area (Å²) in [5.74, 6) is 5.21. The zero-order chi connectivity index (χ0) is 13.5. The molecule has 0 aliphatic carbocycles. The summed E-state index contributed by atoms with van der Waals surface area (Å²) in [6, 6.07) is 16.2. The van der Waals surface area contributed by atoms with E-state index in [0.29, 0.717) is 11.3 Å². The molecule has 2 aromatic rings. The molecule has 3 nitrogen and oxygen atoms in total. The van der Waals surface area contributed by atoms with Gasteiger partial charge in [-0.3, -0.25) is 4.79 Å². The summed E-state index contributed by atoms with van der Waals surface area (Å²) >= 11 is 0. The van der Waals surface area contributed by atoms with Crippen LogP contribution in [0.15, 0.2) is 54.6 Å². The third-order valence-electron chi connectivity index (χ3n) is 2.47. The molecule has 0 aromatic heterocycles. The van der Waals surface area contributed by atoms with Crippen LogP contribution in [0.1, 0.15) is 15.9 Å². The lowest BCUT2D eigenvalue weighted by molar-refractivity contribution is 0.102. The largest absolute Gasteiger partial charge is 0.384 e. The third kappa shape index (κ3) is 3.70. The summed E-state index contributed by atoms with van der Waals surface area (Å²) in [6.45, 7) is -0.180. The first-order valence-electron chi connectivity index (χ1n) is 5.86. The van der Waals surface area contributed by atoms with Crippen molar-refractivity contribution in [3.63, 3.8) is 0 Å². The van der Waals surface area contributed by atoms with E-state index in [9.17, 15) is 4.79 Å². The van der Waals surface area contributed by atoms with Crippen molar-refractivity contribution in [3.8, 4) is 11.8 Å². The maximum absolute atomic E-state index is 12.0. The van der Waals surface area contributed by atoms with E-state index in [4.69, 9.17) is 5.11 Å². The molecule has 0 radical (unpaired) electrons.